The van der Waals surface area contributed by atoms with Crippen molar-refractivity contribution in [2.45, 2.75) is 20.3 Å². The summed E-state index contributed by atoms with van der Waals surface area (Å²) >= 11 is 4.86. The lowest BCUT2D eigenvalue weighted by Gasteiger charge is -2.12. The number of rotatable bonds is 6. The van der Waals surface area contributed by atoms with Gasteiger partial charge < -0.3 is 10.1 Å². The average molecular weight is 354 g/mol. The molecule has 9 nitrogen and oxygen atoms in total. The zero-order valence-electron chi connectivity index (χ0n) is 13.2. The molecule has 0 aromatic heterocycles. The highest BCUT2D eigenvalue weighted by Gasteiger charge is 2.09. The van der Waals surface area contributed by atoms with E-state index in [-0.39, 0.29) is 29.2 Å². The normalized spacial score (nSPS) is 9.96. The number of nitrogens with one attached hydrogen (secondary N) is 3. The van der Waals surface area contributed by atoms with Crippen LogP contribution in [0.25, 0.3) is 0 Å². The summed E-state index contributed by atoms with van der Waals surface area (Å²) in [5, 5.41) is 12.9. The Labute approximate surface area is 143 Å². The van der Waals surface area contributed by atoms with Gasteiger partial charge in [-0.15, -0.1) is 0 Å². The highest BCUT2D eigenvalue weighted by atomic mass is 32.1. The second-order valence-electron chi connectivity index (χ2n) is 5.19. The van der Waals surface area contributed by atoms with E-state index in [0.717, 1.165) is 0 Å². The fourth-order valence-corrected chi connectivity index (χ4v) is 1.72. The maximum atomic E-state index is 11.6. The molecule has 0 atom stereocenters. The van der Waals surface area contributed by atoms with Gasteiger partial charge in [0.25, 0.3) is 11.6 Å². The van der Waals surface area contributed by atoms with E-state index in [9.17, 15) is 19.7 Å². The molecule has 2 amide bonds. The minimum absolute atomic E-state index is 0.0238. The fourth-order valence-electron chi connectivity index (χ4n) is 1.56. The first-order chi connectivity index (χ1) is 11.3. The Morgan fingerprint density at radius 3 is 2.38 bits per heavy atom. The van der Waals surface area contributed by atoms with Gasteiger partial charge in [0.15, 0.2) is 11.7 Å². The van der Waals surface area contributed by atoms with Crippen LogP contribution in [0.4, 0.5) is 5.69 Å². The first kappa shape index (κ1) is 19.3. The van der Waals surface area contributed by atoms with E-state index in [4.69, 9.17) is 17.0 Å². The molecule has 10 heteroatoms. The van der Waals surface area contributed by atoms with Crippen molar-refractivity contribution >= 4 is 34.8 Å². The van der Waals surface area contributed by atoms with Crippen molar-refractivity contribution in [3.05, 3.63) is 34.4 Å². The van der Waals surface area contributed by atoms with Crippen LogP contribution in [0.1, 0.15) is 20.3 Å². The molecule has 0 saturated heterocycles. The van der Waals surface area contributed by atoms with Crippen LogP contribution in [0.5, 0.6) is 5.75 Å². The number of hydrogen-bond donors (Lipinski definition) is 3. The molecule has 1 aromatic carbocycles. The molecular weight excluding hydrogens is 336 g/mol. The molecule has 0 aliphatic rings. The molecule has 0 heterocycles. The van der Waals surface area contributed by atoms with Crippen molar-refractivity contribution < 1.29 is 19.2 Å². The Hall–Kier alpha value is -2.75. The van der Waals surface area contributed by atoms with Crippen molar-refractivity contribution in [2.75, 3.05) is 6.61 Å². The topological polar surface area (TPSA) is 123 Å². The van der Waals surface area contributed by atoms with Crippen molar-refractivity contribution in [3.63, 3.8) is 0 Å². The van der Waals surface area contributed by atoms with E-state index >= 15 is 0 Å². The fraction of sp³-hybridized carbons (Fsp3) is 0.357. The SMILES string of the molecule is CC(C)CC(=O)NC(=S)NNC(=O)COc1ccc([N+](=O)[O-])cc1. The van der Waals surface area contributed by atoms with E-state index in [2.05, 4.69) is 16.2 Å². The Kier molecular flexibility index (Phi) is 7.56. The predicted octanol–water partition coefficient (Wildman–Crippen LogP) is 1.04. The Balaban J connectivity index is 2.30. The van der Waals surface area contributed by atoms with Gasteiger partial charge in [-0.1, -0.05) is 13.8 Å². The van der Waals surface area contributed by atoms with Gasteiger partial charge in [0, 0.05) is 18.6 Å². The van der Waals surface area contributed by atoms with Crippen LogP contribution in [0.2, 0.25) is 0 Å². The number of hydrazine groups is 1. The van der Waals surface area contributed by atoms with Crippen molar-refractivity contribution in [1.82, 2.24) is 16.2 Å². The number of nitro groups is 1. The van der Waals surface area contributed by atoms with Gasteiger partial charge in [0.1, 0.15) is 5.75 Å². The Morgan fingerprint density at radius 2 is 1.83 bits per heavy atom. The molecule has 130 valence electrons. The molecule has 0 radical (unpaired) electrons. The van der Waals surface area contributed by atoms with Crippen LogP contribution < -0.4 is 20.9 Å². The van der Waals surface area contributed by atoms with E-state index in [1.807, 2.05) is 13.8 Å². The molecule has 0 fully saturated rings. The number of non-ortho nitro benzene ring substituents is 1. The van der Waals surface area contributed by atoms with Crippen LogP contribution in [-0.4, -0.2) is 28.5 Å². The highest BCUT2D eigenvalue weighted by Crippen LogP contribution is 2.16. The lowest BCUT2D eigenvalue weighted by atomic mass is 10.1. The number of nitrogens with zero attached hydrogens (tertiary/aromatic N) is 1. The van der Waals surface area contributed by atoms with Gasteiger partial charge in [-0.3, -0.25) is 30.6 Å². The number of thiocarbonyl (C=S) groups is 1. The second kappa shape index (κ2) is 9.40. The molecule has 0 unspecified atom stereocenters. The maximum absolute atomic E-state index is 11.6. The summed E-state index contributed by atoms with van der Waals surface area (Å²) in [5.41, 5.74) is 4.57. The second-order valence-corrected chi connectivity index (χ2v) is 5.60. The maximum Gasteiger partial charge on any atom is 0.276 e. The first-order valence-electron chi connectivity index (χ1n) is 7.04. The van der Waals surface area contributed by atoms with Gasteiger partial charge in [-0.2, -0.15) is 0 Å². The number of amides is 2. The molecule has 24 heavy (non-hydrogen) atoms. The number of hydrogen-bond acceptors (Lipinski definition) is 6. The molecule has 0 aliphatic heterocycles. The zero-order valence-corrected chi connectivity index (χ0v) is 14.0. The van der Waals surface area contributed by atoms with E-state index in [1.165, 1.54) is 24.3 Å². The molecule has 0 aliphatic carbocycles. The summed E-state index contributed by atoms with van der Waals surface area (Å²) in [6.45, 7) is 3.47. The number of carbonyl (C=O) groups is 2. The third-order valence-corrected chi connectivity index (χ3v) is 2.78. The number of ether oxygens (including phenoxy) is 1. The predicted molar refractivity (Wildman–Crippen MR) is 90.1 cm³/mol. The quantitative estimate of drug-likeness (QED) is 0.396. The molecule has 1 aromatic rings. The standard InChI is InChI=1S/C14H18N4O5S/c1-9(2)7-12(19)15-14(24)17-16-13(20)8-23-11-5-3-10(4-6-11)18(21)22/h3-6,9H,7-8H2,1-2H3,(H,16,20)(H2,15,17,19,24). The number of benzene rings is 1. The first-order valence-corrected chi connectivity index (χ1v) is 7.44. The van der Waals surface area contributed by atoms with Crippen LogP contribution >= 0.6 is 12.2 Å². The summed E-state index contributed by atoms with van der Waals surface area (Å²) < 4.78 is 5.16. The van der Waals surface area contributed by atoms with Gasteiger partial charge in [0.05, 0.1) is 4.92 Å². The molecular formula is C14H18N4O5S. The monoisotopic (exact) mass is 354 g/mol. The summed E-state index contributed by atoms with van der Waals surface area (Å²) in [4.78, 5) is 33.0. The minimum Gasteiger partial charge on any atom is -0.484 e. The van der Waals surface area contributed by atoms with Crippen molar-refractivity contribution in [1.29, 1.82) is 0 Å². The van der Waals surface area contributed by atoms with E-state index in [0.29, 0.717) is 12.2 Å². The van der Waals surface area contributed by atoms with Gasteiger partial charge in [-0.05, 0) is 30.3 Å². The minimum atomic E-state index is -0.534. The van der Waals surface area contributed by atoms with Crippen molar-refractivity contribution in [3.8, 4) is 5.75 Å². The number of nitro benzene ring substituents is 1. The summed E-state index contributed by atoms with van der Waals surface area (Å²) in [7, 11) is 0. The molecule has 3 N–H and O–H groups in total. The van der Waals surface area contributed by atoms with Crippen LogP contribution in [0.15, 0.2) is 24.3 Å². The van der Waals surface area contributed by atoms with Crippen LogP contribution in [0.3, 0.4) is 0 Å². The summed E-state index contributed by atoms with van der Waals surface area (Å²) in [5.74, 6) is -0.284. The molecule has 0 bridgehead atoms. The summed E-state index contributed by atoms with van der Waals surface area (Å²) in [6.07, 6.45) is 0.318. The van der Waals surface area contributed by atoms with Gasteiger partial charge in [0.2, 0.25) is 5.91 Å². The molecule has 0 spiro atoms. The lowest BCUT2D eigenvalue weighted by Crippen LogP contribution is -2.49. The van der Waals surface area contributed by atoms with Gasteiger partial charge >= 0.3 is 0 Å². The summed E-state index contributed by atoms with van der Waals surface area (Å²) in [6, 6.07) is 5.31. The van der Waals surface area contributed by atoms with E-state index < -0.39 is 10.8 Å². The zero-order chi connectivity index (χ0) is 18.1. The van der Waals surface area contributed by atoms with Gasteiger partial charge in [-0.25, -0.2) is 0 Å². The number of carbonyl (C=O) groups excluding carboxylic acids is 2. The lowest BCUT2D eigenvalue weighted by molar-refractivity contribution is -0.384. The smallest absolute Gasteiger partial charge is 0.276 e. The van der Waals surface area contributed by atoms with Crippen LogP contribution in [-0.2, 0) is 9.59 Å². The largest absolute Gasteiger partial charge is 0.484 e. The molecule has 1 rings (SSSR count). The third kappa shape index (κ3) is 7.49. The Morgan fingerprint density at radius 1 is 1.21 bits per heavy atom. The van der Waals surface area contributed by atoms with Crippen LogP contribution in [0, 0.1) is 16.0 Å². The average Bonchev–Trinajstić information content (AvgIpc) is 2.50. The Bertz CT molecular complexity index is 618. The highest BCUT2D eigenvalue weighted by molar-refractivity contribution is 7.80. The third-order valence-electron chi connectivity index (χ3n) is 2.58. The van der Waals surface area contributed by atoms with E-state index in [1.54, 1.807) is 0 Å². The van der Waals surface area contributed by atoms with Crippen molar-refractivity contribution in [2.24, 2.45) is 5.92 Å². The molecule has 0 saturated carbocycles.